The molecule has 0 aliphatic carbocycles. The zero-order valence-electron chi connectivity index (χ0n) is 11.1. The van der Waals surface area contributed by atoms with E-state index in [1.807, 2.05) is 0 Å². The molecule has 0 spiro atoms. The SMILES string of the molecule is CC(=O)N1C[C@H]2C[C@@H](C1)c1ccc([N+](=O)[O-])c(=O)n1C2. The topological polar surface area (TPSA) is 85.5 Å². The van der Waals surface area contributed by atoms with Crippen molar-refractivity contribution in [2.24, 2.45) is 5.92 Å². The van der Waals surface area contributed by atoms with Crippen molar-refractivity contribution in [1.82, 2.24) is 9.47 Å². The number of hydrogen-bond acceptors (Lipinski definition) is 4. The van der Waals surface area contributed by atoms with E-state index < -0.39 is 10.5 Å². The van der Waals surface area contributed by atoms with Crippen LogP contribution >= 0.6 is 0 Å². The number of piperidine rings is 1. The number of pyridine rings is 1. The normalized spacial score (nSPS) is 24.1. The van der Waals surface area contributed by atoms with Crippen molar-refractivity contribution in [1.29, 1.82) is 0 Å². The molecule has 1 aromatic rings. The van der Waals surface area contributed by atoms with Gasteiger partial charge in [-0.15, -0.1) is 0 Å². The van der Waals surface area contributed by atoms with Gasteiger partial charge in [-0.25, -0.2) is 0 Å². The van der Waals surface area contributed by atoms with Crippen LogP contribution < -0.4 is 5.56 Å². The predicted octanol–water partition coefficient (Wildman–Crippen LogP) is 0.722. The molecule has 0 unspecified atom stereocenters. The zero-order chi connectivity index (χ0) is 14.4. The molecule has 2 aliphatic rings. The molecular formula is C13H15N3O4. The Morgan fingerprint density at radius 2 is 2.10 bits per heavy atom. The standard InChI is InChI=1S/C13H15N3O4/c1-8(17)14-5-9-4-10(7-14)11-2-3-12(16(19)20)13(18)15(11)6-9/h2-3,9-10H,4-7H2,1H3/t9-,10+/m1/s1. The molecule has 2 aliphatic heterocycles. The van der Waals surface area contributed by atoms with Crippen molar-refractivity contribution >= 4 is 11.6 Å². The van der Waals surface area contributed by atoms with E-state index in [1.54, 1.807) is 17.9 Å². The highest BCUT2D eigenvalue weighted by molar-refractivity contribution is 5.73. The molecule has 1 saturated heterocycles. The summed E-state index contributed by atoms with van der Waals surface area (Å²) < 4.78 is 1.52. The van der Waals surface area contributed by atoms with Crippen molar-refractivity contribution in [2.45, 2.75) is 25.8 Å². The van der Waals surface area contributed by atoms with Crippen LogP contribution in [0.2, 0.25) is 0 Å². The molecule has 1 amide bonds. The number of aromatic nitrogens is 1. The molecule has 2 bridgehead atoms. The first-order valence-electron chi connectivity index (χ1n) is 6.61. The Balaban J connectivity index is 2.04. The second-order valence-corrected chi connectivity index (χ2v) is 5.54. The summed E-state index contributed by atoms with van der Waals surface area (Å²) in [5.74, 6) is 0.335. The number of hydrogen-bond donors (Lipinski definition) is 0. The summed E-state index contributed by atoms with van der Waals surface area (Å²) in [5, 5.41) is 10.8. The monoisotopic (exact) mass is 277 g/mol. The Morgan fingerprint density at radius 1 is 1.35 bits per heavy atom. The maximum Gasteiger partial charge on any atom is 0.334 e. The number of nitro groups is 1. The summed E-state index contributed by atoms with van der Waals surface area (Å²) in [5.41, 5.74) is -0.0987. The van der Waals surface area contributed by atoms with Gasteiger partial charge in [-0.3, -0.25) is 19.7 Å². The third-order valence-electron chi connectivity index (χ3n) is 4.23. The molecule has 3 heterocycles. The van der Waals surface area contributed by atoms with Crippen LogP contribution in [0.3, 0.4) is 0 Å². The van der Waals surface area contributed by atoms with Crippen LogP contribution in [-0.4, -0.2) is 33.4 Å². The van der Waals surface area contributed by atoms with E-state index >= 15 is 0 Å². The van der Waals surface area contributed by atoms with Gasteiger partial charge in [0.05, 0.1) is 4.92 Å². The minimum Gasteiger partial charge on any atom is -0.342 e. The molecule has 0 saturated carbocycles. The smallest absolute Gasteiger partial charge is 0.334 e. The molecule has 0 N–H and O–H groups in total. The fourth-order valence-corrected chi connectivity index (χ4v) is 3.33. The molecule has 20 heavy (non-hydrogen) atoms. The maximum atomic E-state index is 12.1. The van der Waals surface area contributed by atoms with Crippen molar-refractivity contribution < 1.29 is 9.72 Å². The summed E-state index contributed by atoms with van der Waals surface area (Å²) in [6.07, 6.45) is 0.932. The number of fused-ring (bicyclic) bond motifs is 4. The number of amides is 1. The molecule has 0 aromatic carbocycles. The first-order valence-corrected chi connectivity index (χ1v) is 6.61. The first-order chi connectivity index (χ1) is 9.47. The fourth-order valence-electron chi connectivity index (χ4n) is 3.33. The minimum atomic E-state index is -0.637. The van der Waals surface area contributed by atoms with Gasteiger partial charge >= 0.3 is 11.2 Å². The van der Waals surface area contributed by atoms with Crippen LogP contribution in [0.25, 0.3) is 0 Å². The van der Waals surface area contributed by atoms with E-state index in [0.29, 0.717) is 19.6 Å². The first kappa shape index (κ1) is 12.8. The van der Waals surface area contributed by atoms with E-state index in [2.05, 4.69) is 0 Å². The van der Waals surface area contributed by atoms with Crippen LogP contribution in [0.1, 0.15) is 25.0 Å². The number of rotatable bonds is 1. The molecule has 2 atom stereocenters. The lowest BCUT2D eigenvalue weighted by molar-refractivity contribution is -0.386. The van der Waals surface area contributed by atoms with Crippen LogP contribution in [0.4, 0.5) is 5.69 Å². The van der Waals surface area contributed by atoms with Crippen LogP contribution in [0.5, 0.6) is 0 Å². The van der Waals surface area contributed by atoms with E-state index in [-0.39, 0.29) is 23.4 Å². The summed E-state index contributed by atoms with van der Waals surface area (Å²) >= 11 is 0. The molecule has 1 fully saturated rings. The Bertz CT molecular complexity index is 652. The Labute approximate surface area is 115 Å². The highest BCUT2D eigenvalue weighted by Gasteiger charge is 2.36. The summed E-state index contributed by atoms with van der Waals surface area (Å²) in [6.45, 7) is 3.21. The van der Waals surface area contributed by atoms with Crippen molar-refractivity contribution in [2.75, 3.05) is 13.1 Å². The second kappa shape index (κ2) is 4.43. The van der Waals surface area contributed by atoms with E-state index in [9.17, 15) is 19.7 Å². The molecule has 7 heteroatoms. The lowest BCUT2D eigenvalue weighted by atomic mass is 9.83. The van der Waals surface area contributed by atoms with Crippen LogP contribution in [0, 0.1) is 16.0 Å². The number of carbonyl (C=O) groups is 1. The lowest BCUT2D eigenvalue weighted by Gasteiger charge is -2.42. The van der Waals surface area contributed by atoms with Gasteiger partial charge in [0, 0.05) is 44.2 Å². The van der Waals surface area contributed by atoms with Crippen molar-refractivity contribution in [3.8, 4) is 0 Å². The van der Waals surface area contributed by atoms with Gasteiger partial charge in [-0.2, -0.15) is 0 Å². The van der Waals surface area contributed by atoms with Gasteiger partial charge in [-0.1, -0.05) is 0 Å². The van der Waals surface area contributed by atoms with E-state index in [4.69, 9.17) is 0 Å². The zero-order valence-corrected chi connectivity index (χ0v) is 11.1. The van der Waals surface area contributed by atoms with Crippen molar-refractivity contribution in [3.63, 3.8) is 0 Å². The largest absolute Gasteiger partial charge is 0.342 e. The molecule has 106 valence electrons. The van der Waals surface area contributed by atoms with Gasteiger partial charge in [0.2, 0.25) is 5.91 Å². The molecular weight excluding hydrogens is 262 g/mol. The van der Waals surface area contributed by atoms with Gasteiger partial charge in [0.1, 0.15) is 0 Å². The number of likely N-dealkylation sites (tertiary alicyclic amines) is 1. The summed E-state index contributed by atoms with van der Waals surface area (Å²) in [6, 6.07) is 2.94. The maximum absolute atomic E-state index is 12.1. The summed E-state index contributed by atoms with van der Waals surface area (Å²) in [4.78, 5) is 35.7. The highest BCUT2D eigenvalue weighted by Crippen LogP contribution is 2.35. The second-order valence-electron chi connectivity index (χ2n) is 5.54. The highest BCUT2D eigenvalue weighted by atomic mass is 16.6. The Morgan fingerprint density at radius 3 is 2.75 bits per heavy atom. The third-order valence-corrected chi connectivity index (χ3v) is 4.23. The lowest BCUT2D eigenvalue weighted by Crippen LogP contribution is -2.48. The van der Waals surface area contributed by atoms with Gasteiger partial charge < -0.3 is 9.47 Å². The van der Waals surface area contributed by atoms with E-state index in [0.717, 1.165) is 12.1 Å². The van der Waals surface area contributed by atoms with E-state index in [1.165, 1.54) is 10.6 Å². The third kappa shape index (κ3) is 1.90. The molecule has 7 nitrogen and oxygen atoms in total. The van der Waals surface area contributed by atoms with Crippen LogP contribution in [0.15, 0.2) is 16.9 Å². The Kier molecular flexibility index (Phi) is 2.84. The average Bonchev–Trinajstić information content (AvgIpc) is 2.39. The fraction of sp³-hybridized carbons (Fsp3) is 0.538. The molecule has 1 aromatic heterocycles. The quantitative estimate of drug-likeness (QED) is 0.559. The Hall–Kier alpha value is -2.18. The van der Waals surface area contributed by atoms with Crippen LogP contribution in [-0.2, 0) is 11.3 Å². The molecule has 3 rings (SSSR count). The average molecular weight is 277 g/mol. The number of carbonyl (C=O) groups excluding carboxylic acids is 1. The van der Waals surface area contributed by atoms with Gasteiger partial charge in [0.15, 0.2) is 0 Å². The summed E-state index contributed by atoms with van der Waals surface area (Å²) in [7, 11) is 0. The predicted molar refractivity (Wildman–Crippen MR) is 70.5 cm³/mol. The number of nitrogens with zero attached hydrogens (tertiary/aromatic N) is 3. The van der Waals surface area contributed by atoms with Gasteiger partial charge in [0.25, 0.3) is 0 Å². The van der Waals surface area contributed by atoms with Crippen molar-refractivity contribution in [3.05, 3.63) is 38.3 Å². The minimum absolute atomic E-state index is 0.0393. The molecule has 0 radical (unpaired) electrons. The van der Waals surface area contributed by atoms with Gasteiger partial charge in [-0.05, 0) is 18.4 Å².